The zero-order valence-electron chi connectivity index (χ0n) is 19.0. The maximum Gasteiger partial charge on any atom is 0.237 e. The number of hydrogen-bond acceptors (Lipinski definition) is 5. The van der Waals surface area contributed by atoms with Crippen LogP contribution in [0.1, 0.15) is 30.3 Å². The van der Waals surface area contributed by atoms with Crippen LogP contribution in [0.15, 0.2) is 54.7 Å². The number of carbonyl (C=O) groups is 1. The van der Waals surface area contributed by atoms with Gasteiger partial charge < -0.3 is 10.0 Å². The fraction of sp³-hybridized carbons (Fsp3) is 0.346. The van der Waals surface area contributed by atoms with Crippen molar-refractivity contribution in [3.8, 4) is 17.0 Å². The third-order valence-electron chi connectivity index (χ3n) is 5.99. The third kappa shape index (κ3) is 5.89. The van der Waals surface area contributed by atoms with Gasteiger partial charge in [0, 0.05) is 37.3 Å². The molecule has 1 N–H and O–H groups in total. The van der Waals surface area contributed by atoms with E-state index >= 15 is 0 Å². The average molecular weight is 465 g/mol. The van der Waals surface area contributed by atoms with Crippen molar-refractivity contribution in [1.29, 1.82) is 0 Å². The molecule has 2 aromatic carbocycles. The molecule has 0 radical (unpaired) electrons. The second kappa shape index (κ2) is 10.3. The third-order valence-corrected chi connectivity index (χ3v) is 6.30. The Morgan fingerprint density at radius 3 is 2.76 bits per heavy atom. The topological polar surface area (TPSA) is 69.6 Å². The highest BCUT2D eigenvalue weighted by Crippen LogP contribution is 2.25. The van der Waals surface area contributed by atoms with E-state index in [1.165, 1.54) is 0 Å². The number of aromatic nitrogens is 2. The number of carbonyl (C=O) groups excluding carboxylic acids is 1. The number of piperazine rings is 1. The van der Waals surface area contributed by atoms with Gasteiger partial charge in [-0.05, 0) is 62.2 Å². The molecule has 2 heterocycles. The van der Waals surface area contributed by atoms with Crippen LogP contribution in [0.5, 0.6) is 5.75 Å². The highest BCUT2D eigenvalue weighted by molar-refractivity contribution is 6.32. The SMILES string of the molecule is C[C@H]1CN(C)CC(=O)N1Cc1cccc(-c2ccnc(CCCc3ccc(O)c(Cl)c3)n2)c1. The smallest absolute Gasteiger partial charge is 0.237 e. The van der Waals surface area contributed by atoms with Gasteiger partial charge in [-0.25, -0.2) is 9.97 Å². The first-order valence-electron chi connectivity index (χ1n) is 11.3. The van der Waals surface area contributed by atoms with Crippen molar-refractivity contribution >= 4 is 17.5 Å². The van der Waals surface area contributed by atoms with Crippen molar-refractivity contribution in [2.75, 3.05) is 20.1 Å². The fourth-order valence-electron chi connectivity index (χ4n) is 4.29. The number of aryl methyl sites for hydroxylation is 2. The van der Waals surface area contributed by atoms with Crippen LogP contribution in [-0.4, -0.2) is 57.0 Å². The molecule has 1 aliphatic rings. The highest BCUT2D eigenvalue weighted by Gasteiger charge is 2.27. The van der Waals surface area contributed by atoms with Crippen molar-refractivity contribution in [2.45, 2.75) is 38.8 Å². The Bertz CT molecular complexity index is 1140. The predicted molar refractivity (Wildman–Crippen MR) is 130 cm³/mol. The van der Waals surface area contributed by atoms with Gasteiger partial charge >= 0.3 is 0 Å². The highest BCUT2D eigenvalue weighted by atomic mass is 35.5. The van der Waals surface area contributed by atoms with Gasteiger partial charge in [-0.3, -0.25) is 9.69 Å². The Morgan fingerprint density at radius 2 is 1.97 bits per heavy atom. The molecule has 33 heavy (non-hydrogen) atoms. The average Bonchev–Trinajstić information content (AvgIpc) is 2.79. The number of aromatic hydroxyl groups is 1. The van der Waals surface area contributed by atoms with E-state index in [0.717, 1.165) is 54.0 Å². The van der Waals surface area contributed by atoms with E-state index in [-0.39, 0.29) is 17.7 Å². The normalized spacial score (nSPS) is 16.9. The first kappa shape index (κ1) is 23.2. The summed E-state index contributed by atoms with van der Waals surface area (Å²) < 4.78 is 0. The van der Waals surface area contributed by atoms with Crippen molar-refractivity contribution in [1.82, 2.24) is 19.8 Å². The van der Waals surface area contributed by atoms with E-state index < -0.39 is 0 Å². The summed E-state index contributed by atoms with van der Waals surface area (Å²) in [5, 5.41) is 9.93. The summed E-state index contributed by atoms with van der Waals surface area (Å²) in [6.07, 6.45) is 4.27. The standard InChI is InChI=1S/C26H29ClN4O2/c1-18-15-30(2)17-26(33)31(18)16-20-6-3-7-21(13-20)23-11-12-28-25(29-23)8-4-5-19-9-10-24(32)22(27)14-19/h3,6-7,9-14,18,32H,4-5,8,15-17H2,1-2H3/t18-/m0/s1. The summed E-state index contributed by atoms with van der Waals surface area (Å²) in [6.45, 7) is 4.06. The van der Waals surface area contributed by atoms with Gasteiger partial charge in [0.05, 0.1) is 17.3 Å². The van der Waals surface area contributed by atoms with Crippen molar-refractivity contribution in [3.05, 3.63) is 76.7 Å². The molecule has 0 spiro atoms. The van der Waals surface area contributed by atoms with Gasteiger partial charge in [-0.15, -0.1) is 0 Å². The molecule has 4 rings (SSSR count). The van der Waals surface area contributed by atoms with Gasteiger partial charge in [0.25, 0.3) is 0 Å². The van der Waals surface area contributed by atoms with Crippen molar-refractivity contribution in [2.24, 2.45) is 0 Å². The Balaban J connectivity index is 1.41. The van der Waals surface area contributed by atoms with E-state index in [1.54, 1.807) is 18.3 Å². The summed E-state index contributed by atoms with van der Waals surface area (Å²) in [5.74, 6) is 1.07. The second-order valence-electron chi connectivity index (χ2n) is 8.77. The van der Waals surface area contributed by atoms with Crippen molar-refractivity contribution in [3.63, 3.8) is 0 Å². The molecule has 1 aliphatic heterocycles. The zero-order valence-corrected chi connectivity index (χ0v) is 19.8. The fourth-order valence-corrected chi connectivity index (χ4v) is 4.49. The molecule has 1 atom stereocenters. The van der Waals surface area contributed by atoms with E-state index in [2.05, 4.69) is 28.9 Å². The minimum Gasteiger partial charge on any atom is -0.506 e. The predicted octanol–water partition coefficient (Wildman–Crippen LogP) is 4.34. The number of hydrogen-bond donors (Lipinski definition) is 1. The van der Waals surface area contributed by atoms with Gasteiger partial charge in [-0.2, -0.15) is 0 Å². The molecule has 0 bridgehead atoms. The molecule has 3 aromatic rings. The van der Waals surface area contributed by atoms with Crippen molar-refractivity contribution < 1.29 is 9.90 Å². The maximum absolute atomic E-state index is 12.5. The number of likely N-dealkylation sites (N-methyl/N-ethyl adjacent to an activating group) is 1. The van der Waals surface area contributed by atoms with Gasteiger partial charge in [0.2, 0.25) is 5.91 Å². The van der Waals surface area contributed by atoms with Crippen LogP contribution in [0.3, 0.4) is 0 Å². The number of benzene rings is 2. The van der Waals surface area contributed by atoms with Gasteiger partial charge in [0.15, 0.2) is 0 Å². The van der Waals surface area contributed by atoms with Gasteiger partial charge in [0.1, 0.15) is 11.6 Å². The first-order valence-corrected chi connectivity index (χ1v) is 11.6. The summed E-state index contributed by atoms with van der Waals surface area (Å²) in [7, 11) is 1.99. The van der Waals surface area contributed by atoms with Crippen LogP contribution in [-0.2, 0) is 24.2 Å². The Morgan fingerprint density at radius 1 is 1.12 bits per heavy atom. The maximum atomic E-state index is 12.5. The lowest BCUT2D eigenvalue weighted by Gasteiger charge is -2.38. The number of amides is 1. The van der Waals surface area contributed by atoms with E-state index in [1.807, 2.05) is 36.2 Å². The zero-order chi connectivity index (χ0) is 23.4. The lowest BCUT2D eigenvalue weighted by Crippen LogP contribution is -2.53. The molecule has 1 amide bonds. The summed E-state index contributed by atoms with van der Waals surface area (Å²) in [4.78, 5) is 25.7. The monoisotopic (exact) mass is 464 g/mol. The second-order valence-corrected chi connectivity index (χ2v) is 9.17. The number of halogens is 1. The van der Waals surface area contributed by atoms with Gasteiger partial charge in [-0.1, -0.05) is 35.9 Å². The molecule has 0 saturated carbocycles. The minimum atomic E-state index is 0.102. The summed E-state index contributed by atoms with van der Waals surface area (Å²) >= 11 is 6.00. The summed E-state index contributed by atoms with van der Waals surface area (Å²) in [6, 6.07) is 15.7. The largest absolute Gasteiger partial charge is 0.506 e. The van der Waals surface area contributed by atoms with Crippen LogP contribution in [0.25, 0.3) is 11.3 Å². The molecule has 172 valence electrons. The summed E-state index contributed by atoms with van der Waals surface area (Å²) in [5.41, 5.74) is 4.08. The van der Waals surface area contributed by atoms with E-state index in [9.17, 15) is 9.90 Å². The minimum absolute atomic E-state index is 0.102. The number of nitrogens with zero attached hydrogens (tertiary/aromatic N) is 4. The molecule has 1 saturated heterocycles. The molecular weight excluding hydrogens is 436 g/mol. The lowest BCUT2D eigenvalue weighted by molar-refractivity contribution is -0.139. The number of phenolic OH excluding ortho intramolecular Hbond substituents is 1. The molecule has 0 aliphatic carbocycles. The molecule has 7 heteroatoms. The van der Waals surface area contributed by atoms with E-state index in [4.69, 9.17) is 16.6 Å². The molecule has 0 unspecified atom stereocenters. The Labute approximate surface area is 199 Å². The number of rotatable bonds is 7. The molecule has 1 fully saturated rings. The molecule has 1 aromatic heterocycles. The lowest BCUT2D eigenvalue weighted by atomic mass is 10.1. The van der Waals surface area contributed by atoms with Crippen LogP contribution >= 0.6 is 11.6 Å². The number of phenols is 1. The van der Waals surface area contributed by atoms with E-state index in [0.29, 0.717) is 18.1 Å². The van der Waals surface area contributed by atoms with Crippen LogP contribution < -0.4 is 0 Å². The Hall–Kier alpha value is -2.96. The van der Waals surface area contributed by atoms with Crippen LogP contribution in [0.4, 0.5) is 0 Å². The first-order chi connectivity index (χ1) is 15.9. The molecular formula is C26H29ClN4O2. The van der Waals surface area contributed by atoms with Crippen LogP contribution in [0, 0.1) is 0 Å². The molecule has 6 nitrogen and oxygen atoms in total. The quantitative estimate of drug-likeness (QED) is 0.563. The van der Waals surface area contributed by atoms with Crippen LogP contribution in [0.2, 0.25) is 5.02 Å². The Kier molecular flexibility index (Phi) is 7.26.